The van der Waals surface area contributed by atoms with Crippen LogP contribution in [0.2, 0.25) is 0 Å². The molecule has 0 saturated heterocycles. The first-order valence-corrected chi connectivity index (χ1v) is 11.2. The molecule has 154 valence electrons. The highest BCUT2D eigenvalue weighted by atomic mass is 32.1. The number of hydrogen-bond donors (Lipinski definition) is 2. The first kappa shape index (κ1) is 20.5. The van der Waals surface area contributed by atoms with Crippen LogP contribution >= 0.6 is 23.6 Å². The Hall–Kier alpha value is -2.77. The van der Waals surface area contributed by atoms with Gasteiger partial charge in [0.2, 0.25) is 0 Å². The highest BCUT2D eigenvalue weighted by Crippen LogP contribution is 2.38. The molecule has 1 amide bonds. The number of nitrogens with one attached hydrogen (secondary N) is 2. The second-order valence-electron chi connectivity index (χ2n) is 7.07. The van der Waals surface area contributed by atoms with Gasteiger partial charge in [0.25, 0.3) is 5.91 Å². The van der Waals surface area contributed by atoms with Crippen LogP contribution in [0.1, 0.15) is 50.9 Å². The molecule has 2 aromatic carbocycles. The predicted octanol–water partition coefficient (Wildman–Crippen LogP) is 5.08. The minimum atomic E-state index is -0.345. The second kappa shape index (κ2) is 8.93. The van der Waals surface area contributed by atoms with Gasteiger partial charge in [0.15, 0.2) is 5.11 Å². The van der Waals surface area contributed by atoms with Gasteiger partial charge in [-0.2, -0.15) is 0 Å². The number of anilines is 1. The lowest BCUT2D eigenvalue weighted by Gasteiger charge is -2.13. The van der Waals surface area contributed by atoms with Crippen molar-refractivity contribution in [2.75, 3.05) is 11.9 Å². The van der Waals surface area contributed by atoms with Crippen molar-refractivity contribution in [1.29, 1.82) is 0 Å². The van der Waals surface area contributed by atoms with E-state index < -0.39 is 0 Å². The zero-order valence-electron chi connectivity index (χ0n) is 16.6. The summed E-state index contributed by atoms with van der Waals surface area (Å²) in [5.41, 5.74) is 2.15. The Bertz CT molecular complexity index is 1130. The van der Waals surface area contributed by atoms with E-state index in [1.54, 1.807) is 13.0 Å². The third kappa shape index (κ3) is 4.08. The van der Waals surface area contributed by atoms with Crippen molar-refractivity contribution in [3.05, 3.63) is 64.0 Å². The van der Waals surface area contributed by atoms with E-state index in [0.29, 0.717) is 22.7 Å². The summed E-state index contributed by atoms with van der Waals surface area (Å²) in [5, 5.41) is 8.48. The van der Waals surface area contributed by atoms with Gasteiger partial charge in [0, 0.05) is 10.4 Å². The van der Waals surface area contributed by atoms with E-state index in [-0.39, 0.29) is 17.0 Å². The molecular formula is C23H22N2O3S2. The molecule has 7 heteroatoms. The zero-order chi connectivity index (χ0) is 21.1. The van der Waals surface area contributed by atoms with Gasteiger partial charge in [0.05, 0.1) is 12.2 Å². The Morgan fingerprint density at radius 3 is 2.70 bits per heavy atom. The van der Waals surface area contributed by atoms with Gasteiger partial charge in [-0.25, -0.2) is 4.79 Å². The lowest BCUT2D eigenvalue weighted by atomic mass is 9.95. The van der Waals surface area contributed by atoms with Crippen LogP contribution in [-0.2, 0) is 17.6 Å². The van der Waals surface area contributed by atoms with Gasteiger partial charge in [0.1, 0.15) is 5.00 Å². The number of rotatable bonds is 4. The summed E-state index contributed by atoms with van der Waals surface area (Å²) >= 11 is 6.92. The summed E-state index contributed by atoms with van der Waals surface area (Å²) < 4.78 is 5.27. The van der Waals surface area contributed by atoms with Gasteiger partial charge in [-0.05, 0) is 67.2 Å². The first-order chi connectivity index (χ1) is 14.6. The summed E-state index contributed by atoms with van der Waals surface area (Å²) in [6, 6.07) is 13.3. The molecule has 0 spiro atoms. The van der Waals surface area contributed by atoms with E-state index in [9.17, 15) is 9.59 Å². The monoisotopic (exact) mass is 438 g/mol. The average Bonchev–Trinajstić information content (AvgIpc) is 3.11. The predicted molar refractivity (Wildman–Crippen MR) is 125 cm³/mol. The lowest BCUT2D eigenvalue weighted by Crippen LogP contribution is -2.34. The third-order valence-electron chi connectivity index (χ3n) is 5.14. The quantitative estimate of drug-likeness (QED) is 0.439. The Labute approximate surface area is 184 Å². The van der Waals surface area contributed by atoms with Gasteiger partial charge >= 0.3 is 5.97 Å². The van der Waals surface area contributed by atoms with Crippen LogP contribution < -0.4 is 10.6 Å². The number of hydrogen-bond acceptors (Lipinski definition) is 5. The molecule has 0 unspecified atom stereocenters. The topological polar surface area (TPSA) is 67.4 Å². The first-order valence-electron chi connectivity index (χ1n) is 10.00. The van der Waals surface area contributed by atoms with Gasteiger partial charge < -0.3 is 10.1 Å². The van der Waals surface area contributed by atoms with Crippen LogP contribution in [0.3, 0.4) is 0 Å². The molecule has 30 heavy (non-hydrogen) atoms. The molecule has 0 radical (unpaired) electrons. The maximum Gasteiger partial charge on any atom is 0.341 e. The summed E-state index contributed by atoms with van der Waals surface area (Å²) in [7, 11) is 0. The highest BCUT2D eigenvalue weighted by Gasteiger charge is 2.27. The molecular weight excluding hydrogens is 416 g/mol. The van der Waals surface area contributed by atoms with E-state index >= 15 is 0 Å². The number of benzene rings is 2. The summed E-state index contributed by atoms with van der Waals surface area (Å²) in [4.78, 5) is 26.6. The zero-order valence-corrected chi connectivity index (χ0v) is 18.3. The number of esters is 1. The number of carbonyl (C=O) groups excluding carboxylic acids is 2. The number of fused-ring (bicyclic) bond motifs is 2. The largest absolute Gasteiger partial charge is 0.462 e. The molecule has 0 aliphatic heterocycles. The molecule has 1 heterocycles. The number of ether oxygens (including phenoxy) is 1. The Morgan fingerprint density at radius 2 is 1.87 bits per heavy atom. The van der Waals surface area contributed by atoms with Crippen LogP contribution in [0.5, 0.6) is 0 Å². The van der Waals surface area contributed by atoms with Crippen LogP contribution in [0.25, 0.3) is 10.8 Å². The van der Waals surface area contributed by atoms with Crippen LogP contribution in [0, 0.1) is 0 Å². The van der Waals surface area contributed by atoms with E-state index in [1.165, 1.54) is 16.2 Å². The van der Waals surface area contributed by atoms with Crippen molar-refractivity contribution < 1.29 is 14.3 Å². The number of amides is 1. The molecule has 1 aromatic heterocycles. The van der Waals surface area contributed by atoms with E-state index in [0.717, 1.165) is 42.0 Å². The van der Waals surface area contributed by atoms with E-state index in [4.69, 9.17) is 17.0 Å². The highest BCUT2D eigenvalue weighted by molar-refractivity contribution is 7.80. The van der Waals surface area contributed by atoms with Crippen LogP contribution in [-0.4, -0.2) is 23.6 Å². The fourth-order valence-electron chi connectivity index (χ4n) is 3.80. The van der Waals surface area contributed by atoms with E-state index in [2.05, 4.69) is 10.6 Å². The van der Waals surface area contributed by atoms with Crippen LogP contribution in [0.4, 0.5) is 5.00 Å². The van der Waals surface area contributed by atoms with Crippen molar-refractivity contribution in [3.63, 3.8) is 0 Å². The molecule has 0 bridgehead atoms. The molecule has 5 nitrogen and oxygen atoms in total. The third-order valence-corrected chi connectivity index (χ3v) is 6.55. The van der Waals surface area contributed by atoms with Gasteiger partial charge in [-0.3, -0.25) is 10.1 Å². The number of carbonyl (C=O) groups is 2. The maximum absolute atomic E-state index is 12.8. The minimum Gasteiger partial charge on any atom is -0.462 e. The molecule has 2 N–H and O–H groups in total. The maximum atomic E-state index is 12.8. The SMILES string of the molecule is CCOC(=O)c1c(NC(=S)NC(=O)c2cccc3ccccc23)sc2c1CCCC2. The fraction of sp³-hybridized carbons (Fsp3) is 0.261. The number of thiophene rings is 1. The smallest absolute Gasteiger partial charge is 0.341 e. The van der Waals surface area contributed by atoms with Crippen molar-refractivity contribution in [2.45, 2.75) is 32.6 Å². The minimum absolute atomic E-state index is 0.164. The Morgan fingerprint density at radius 1 is 1.10 bits per heavy atom. The Kier molecular flexibility index (Phi) is 6.11. The molecule has 1 aliphatic carbocycles. The summed E-state index contributed by atoms with van der Waals surface area (Å²) in [6.07, 6.45) is 3.97. The molecule has 0 fully saturated rings. The summed E-state index contributed by atoms with van der Waals surface area (Å²) in [5.74, 6) is -0.633. The molecule has 0 atom stereocenters. The average molecular weight is 439 g/mol. The standard InChI is InChI=1S/C23H22N2O3S2/c1-2-28-22(27)19-17-11-5-6-13-18(17)30-21(19)25-23(29)24-20(26)16-12-7-9-14-8-3-4-10-15(14)16/h3-4,7-10,12H,2,5-6,11,13H2,1H3,(H2,24,25,26,29). The number of thiocarbonyl (C=S) groups is 1. The molecule has 4 rings (SSSR count). The normalized spacial score (nSPS) is 12.8. The molecule has 1 aliphatic rings. The fourth-order valence-corrected chi connectivity index (χ4v) is 5.34. The van der Waals surface area contributed by atoms with Crippen LogP contribution in [0.15, 0.2) is 42.5 Å². The van der Waals surface area contributed by atoms with E-state index in [1.807, 2.05) is 36.4 Å². The summed E-state index contributed by atoms with van der Waals surface area (Å²) in [6.45, 7) is 2.10. The van der Waals surface area contributed by atoms with Gasteiger partial charge in [-0.15, -0.1) is 11.3 Å². The van der Waals surface area contributed by atoms with Gasteiger partial charge in [-0.1, -0.05) is 36.4 Å². The van der Waals surface area contributed by atoms with Crippen molar-refractivity contribution in [3.8, 4) is 0 Å². The molecule has 3 aromatic rings. The van der Waals surface area contributed by atoms with Crippen molar-refractivity contribution in [1.82, 2.24) is 5.32 Å². The van der Waals surface area contributed by atoms with Crippen molar-refractivity contribution >= 4 is 56.3 Å². The Balaban J connectivity index is 1.56. The lowest BCUT2D eigenvalue weighted by molar-refractivity contribution is 0.0526. The second-order valence-corrected chi connectivity index (χ2v) is 8.58. The molecule has 0 saturated carbocycles. The van der Waals surface area contributed by atoms with Crippen molar-refractivity contribution in [2.24, 2.45) is 0 Å². The number of aryl methyl sites for hydroxylation is 1.